The Morgan fingerprint density at radius 3 is 3.00 bits per heavy atom. The highest BCUT2D eigenvalue weighted by molar-refractivity contribution is 7.18. The molecule has 4 rings (SSSR count). The summed E-state index contributed by atoms with van der Waals surface area (Å²) in [7, 11) is 0. The summed E-state index contributed by atoms with van der Waals surface area (Å²) in [5, 5.41) is 8.55. The summed E-state index contributed by atoms with van der Waals surface area (Å²) in [5.41, 5.74) is 1.90. The van der Waals surface area contributed by atoms with Crippen LogP contribution in [0.3, 0.4) is 0 Å². The molecule has 26 heavy (non-hydrogen) atoms. The molecule has 2 atom stereocenters. The van der Waals surface area contributed by atoms with E-state index < -0.39 is 0 Å². The van der Waals surface area contributed by atoms with Gasteiger partial charge in [-0.15, -0.1) is 11.3 Å². The van der Waals surface area contributed by atoms with E-state index in [2.05, 4.69) is 33.4 Å². The molecular weight excluding hydrogens is 352 g/mol. The minimum absolute atomic E-state index is 0.0298. The van der Waals surface area contributed by atoms with Gasteiger partial charge in [0.25, 0.3) is 0 Å². The van der Waals surface area contributed by atoms with Gasteiger partial charge in [0, 0.05) is 17.0 Å². The summed E-state index contributed by atoms with van der Waals surface area (Å²) in [5.74, 6) is 1.64. The molecule has 4 heterocycles. The molecule has 0 aromatic carbocycles. The molecular formula is C18H22N4O3S. The van der Waals surface area contributed by atoms with Crippen LogP contribution in [0.5, 0.6) is 0 Å². The molecule has 1 saturated heterocycles. The van der Waals surface area contributed by atoms with Gasteiger partial charge in [-0.1, -0.05) is 5.16 Å². The number of thiophene rings is 1. The Labute approximate surface area is 155 Å². The van der Waals surface area contributed by atoms with Crippen molar-refractivity contribution in [2.75, 3.05) is 18.5 Å². The second-order valence-electron chi connectivity index (χ2n) is 6.56. The maximum absolute atomic E-state index is 6.21. The molecule has 0 unspecified atom stereocenters. The van der Waals surface area contributed by atoms with Gasteiger partial charge < -0.3 is 19.3 Å². The van der Waals surface area contributed by atoms with Gasteiger partial charge in [0.2, 0.25) is 0 Å². The lowest BCUT2D eigenvalue weighted by atomic mass is 10.1. The molecule has 8 heteroatoms. The highest BCUT2D eigenvalue weighted by Crippen LogP contribution is 2.29. The third kappa shape index (κ3) is 3.44. The summed E-state index contributed by atoms with van der Waals surface area (Å²) < 4.78 is 17.1. The smallest absolute Gasteiger partial charge is 0.139 e. The minimum Gasteiger partial charge on any atom is -0.379 e. The van der Waals surface area contributed by atoms with E-state index in [0.717, 1.165) is 39.5 Å². The van der Waals surface area contributed by atoms with E-state index in [1.165, 1.54) is 4.88 Å². The first-order valence-electron chi connectivity index (χ1n) is 8.70. The number of nitrogens with one attached hydrogen (secondary N) is 1. The lowest BCUT2D eigenvalue weighted by molar-refractivity contribution is -0.0481. The van der Waals surface area contributed by atoms with Crippen molar-refractivity contribution in [2.24, 2.45) is 0 Å². The number of aryl methyl sites for hydroxylation is 3. The number of hydrogen-bond acceptors (Lipinski definition) is 8. The molecule has 1 aliphatic heterocycles. The SMILES string of the molecule is Cc1cc2c(N[C@@H]3COCC[C@@H]3OCc3c(C)noc3C)ncnc2s1. The topological polar surface area (TPSA) is 82.3 Å². The second kappa shape index (κ2) is 7.30. The Balaban J connectivity index is 1.50. The number of fused-ring (bicyclic) bond motifs is 1. The van der Waals surface area contributed by atoms with Crippen LogP contribution < -0.4 is 5.32 Å². The Hall–Kier alpha value is -2.03. The van der Waals surface area contributed by atoms with Crippen LogP contribution in [0.4, 0.5) is 5.82 Å². The molecule has 0 amide bonds. The van der Waals surface area contributed by atoms with Crippen LogP contribution in [0.2, 0.25) is 0 Å². The van der Waals surface area contributed by atoms with Crippen molar-refractivity contribution in [3.05, 3.63) is 34.3 Å². The van der Waals surface area contributed by atoms with Gasteiger partial charge in [0.15, 0.2) is 0 Å². The zero-order valence-corrected chi connectivity index (χ0v) is 15.9. The van der Waals surface area contributed by atoms with Crippen LogP contribution in [0.25, 0.3) is 10.2 Å². The van der Waals surface area contributed by atoms with Crippen LogP contribution in [0, 0.1) is 20.8 Å². The molecule has 0 saturated carbocycles. The Morgan fingerprint density at radius 2 is 2.19 bits per heavy atom. The predicted molar refractivity (Wildman–Crippen MR) is 99.6 cm³/mol. The molecule has 1 N–H and O–H groups in total. The first-order chi connectivity index (χ1) is 12.6. The van der Waals surface area contributed by atoms with E-state index in [1.54, 1.807) is 17.7 Å². The molecule has 0 spiro atoms. The normalized spacial score (nSPS) is 20.6. The van der Waals surface area contributed by atoms with Crippen LogP contribution in [0.15, 0.2) is 16.9 Å². The number of aromatic nitrogens is 3. The van der Waals surface area contributed by atoms with Crippen molar-refractivity contribution in [3.8, 4) is 0 Å². The van der Waals surface area contributed by atoms with Gasteiger partial charge in [0.05, 0.1) is 36.4 Å². The molecule has 7 nitrogen and oxygen atoms in total. The summed E-state index contributed by atoms with van der Waals surface area (Å²) in [4.78, 5) is 11.0. The number of nitrogens with zero attached hydrogens (tertiary/aromatic N) is 3. The van der Waals surface area contributed by atoms with Crippen LogP contribution >= 0.6 is 11.3 Å². The van der Waals surface area contributed by atoms with E-state index >= 15 is 0 Å². The highest BCUT2D eigenvalue weighted by atomic mass is 32.1. The van der Waals surface area contributed by atoms with Gasteiger partial charge in [-0.2, -0.15) is 0 Å². The fraction of sp³-hybridized carbons (Fsp3) is 0.500. The summed E-state index contributed by atoms with van der Waals surface area (Å²) in [6, 6.07) is 2.15. The molecule has 3 aromatic rings. The molecule has 1 fully saturated rings. The van der Waals surface area contributed by atoms with Crippen molar-refractivity contribution in [2.45, 2.75) is 45.9 Å². The monoisotopic (exact) mass is 374 g/mol. The molecule has 1 aliphatic rings. The number of ether oxygens (including phenoxy) is 2. The van der Waals surface area contributed by atoms with Gasteiger partial charge >= 0.3 is 0 Å². The first-order valence-corrected chi connectivity index (χ1v) is 9.52. The summed E-state index contributed by atoms with van der Waals surface area (Å²) >= 11 is 1.67. The second-order valence-corrected chi connectivity index (χ2v) is 7.80. The third-order valence-corrected chi connectivity index (χ3v) is 5.65. The molecule has 0 aliphatic carbocycles. The molecule has 0 radical (unpaired) electrons. The van der Waals surface area contributed by atoms with Crippen molar-refractivity contribution in [1.82, 2.24) is 15.1 Å². The first kappa shape index (κ1) is 17.4. The summed E-state index contributed by atoms with van der Waals surface area (Å²) in [6.07, 6.45) is 2.46. The third-order valence-electron chi connectivity index (χ3n) is 4.69. The fourth-order valence-electron chi connectivity index (χ4n) is 3.22. The minimum atomic E-state index is 0.0298. The average molecular weight is 374 g/mol. The average Bonchev–Trinajstić information content (AvgIpc) is 3.17. The lowest BCUT2D eigenvalue weighted by Gasteiger charge is -2.32. The Morgan fingerprint density at radius 1 is 1.31 bits per heavy atom. The fourth-order valence-corrected chi connectivity index (χ4v) is 4.06. The largest absolute Gasteiger partial charge is 0.379 e. The van der Waals surface area contributed by atoms with E-state index in [1.807, 2.05) is 13.8 Å². The van der Waals surface area contributed by atoms with Crippen LogP contribution in [0.1, 0.15) is 28.3 Å². The Kier molecular flexibility index (Phi) is 4.88. The molecule has 138 valence electrons. The van der Waals surface area contributed by atoms with Crippen molar-refractivity contribution < 1.29 is 14.0 Å². The van der Waals surface area contributed by atoms with Gasteiger partial charge in [-0.05, 0) is 33.3 Å². The van der Waals surface area contributed by atoms with Crippen LogP contribution in [-0.2, 0) is 16.1 Å². The van der Waals surface area contributed by atoms with E-state index in [0.29, 0.717) is 19.8 Å². The number of anilines is 1. The quantitative estimate of drug-likeness (QED) is 0.733. The van der Waals surface area contributed by atoms with Crippen molar-refractivity contribution in [1.29, 1.82) is 0 Å². The molecule has 3 aromatic heterocycles. The zero-order valence-electron chi connectivity index (χ0n) is 15.1. The summed E-state index contributed by atoms with van der Waals surface area (Å²) in [6.45, 7) is 7.69. The van der Waals surface area contributed by atoms with Gasteiger partial charge in [0.1, 0.15) is 22.7 Å². The molecule has 0 bridgehead atoms. The van der Waals surface area contributed by atoms with Crippen LogP contribution in [-0.4, -0.2) is 40.5 Å². The van der Waals surface area contributed by atoms with Crippen molar-refractivity contribution in [3.63, 3.8) is 0 Å². The van der Waals surface area contributed by atoms with E-state index in [4.69, 9.17) is 14.0 Å². The maximum atomic E-state index is 6.21. The van der Waals surface area contributed by atoms with Gasteiger partial charge in [-0.25, -0.2) is 9.97 Å². The van der Waals surface area contributed by atoms with E-state index in [-0.39, 0.29) is 12.1 Å². The highest BCUT2D eigenvalue weighted by Gasteiger charge is 2.28. The number of hydrogen-bond donors (Lipinski definition) is 1. The Bertz CT molecular complexity index is 888. The van der Waals surface area contributed by atoms with Crippen molar-refractivity contribution >= 4 is 27.4 Å². The standard InChI is InChI=1S/C18H22N4O3S/c1-10-6-13-17(19-9-20-18(13)26-10)21-15-8-23-5-4-16(15)24-7-14-11(2)22-25-12(14)3/h6,9,15-16H,4-5,7-8H2,1-3H3,(H,19,20,21)/t15-,16+/m1/s1. The lowest BCUT2D eigenvalue weighted by Crippen LogP contribution is -2.44. The predicted octanol–water partition coefficient (Wildman–Crippen LogP) is 3.39. The zero-order chi connectivity index (χ0) is 18.1. The number of rotatable bonds is 5. The van der Waals surface area contributed by atoms with E-state index in [9.17, 15) is 0 Å². The maximum Gasteiger partial charge on any atom is 0.139 e. The van der Waals surface area contributed by atoms with Gasteiger partial charge in [-0.3, -0.25) is 0 Å².